The van der Waals surface area contributed by atoms with Gasteiger partial charge in [0.15, 0.2) is 0 Å². The van der Waals surface area contributed by atoms with Gasteiger partial charge < -0.3 is 10.2 Å². The summed E-state index contributed by atoms with van der Waals surface area (Å²) in [4.78, 5) is 10.7. The fourth-order valence-corrected chi connectivity index (χ4v) is 1.83. The molecule has 86 valence electrons. The van der Waals surface area contributed by atoms with Gasteiger partial charge in [-0.25, -0.2) is 4.79 Å². The van der Waals surface area contributed by atoms with Gasteiger partial charge in [0.25, 0.3) is 0 Å². The van der Waals surface area contributed by atoms with Crippen LogP contribution in [0.4, 0.5) is 0 Å². The molecule has 0 saturated heterocycles. The summed E-state index contributed by atoms with van der Waals surface area (Å²) in [6, 6.07) is 11.9. The van der Waals surface area contributed by atoms with Gasteiger partial charge in [-0.2, -0.15) is 0 Å². The minimum atomic E-state index is -0.943. The highest BCUT2D eigenvalue weighted by molar-refractivity contribution is 14.1. The van der Waals surface area contributed by atoms with E-state index in [-0.39, 0.29) is 11.3 Å². The number of carboxylic acid groups (broad SMARTS) is 1. The van der Waals surface area contributed by atoms with Crippen LogP contribution >= 0.6 is 22.6 Å². The van der Waals surface area contributed by atoms with E-state index in [0.717, 1.165) is 14.7 Å². The molecule has 0 atom stereocenters. The number of carbonyl (C=O) groups is 1. The van der Waals surface area contributed by atoms with Crippen molar-refractivity contribution in [2.45, 2.75) is 0 Å². The lowest BCUT2D eigenvalue weighted by Gasteiger charge is -2.04. The molecule has 0 spiro atoms. The van der Waals surface area contributed by atoms with Gasteiger partial charge in [0.2, 0.25) is 0 Å². The Kier molecular flexibility index (Phi) is 3.33. The third-order valence-corrected chi connectivity index (χ3v) is 3.32. The summed E-state index contributed by atoms with van der Waals surface area (Å²) in [6.45, 7) is 0. The van der Waals surface area contributed by atoms with Crippen LogP contribution in [0.3, 0.4) is 0 Å². The highest BCUT2D eigenvalue weighted by atomic mass is 127. The number of phenolic OH excluding ortho intramolecular Hbond substituents is 1. The van der Waals surface area contributed by atoms with Crippen LogP contribution in [0.15, 0.2) is 42.5 Å². The molecule has 2 aromatic rings. The zero-order valence-electron chi connectivity index (χ0n) is 8.72. The van der Waals surface area contributed by atoms with Crippen LogP contribution in [-0.2, 0) is 0 Å². The second kappa shape index (κ2) is 4.75. The fraction of sp³-hybridized carbons (Fsp3) is 0. The summed E-state index contributed by atoms with van der Waals surface area (Å²) in [7, 11) is 0. The van der Waals surface area contributed by atoms with Gasteiger partial charge in [0.1, 0.15) is 5.75 Å². The summed E-state index contributed by atoms with van der Waals surface area (Å²) in [5.41, 5.74) is 1.99. The summed E-state index contributed by atoms with van der Waals surface area (Å²) in [5, 5.41) is 18.4. The summed E-state index contributed by atoms with van der Waals surface area (Å²) >= 11 is 2.05. The van der Waals surface area contributed by atoms with Crippen LogP contribution in [-0.4, -0.2) is 16.2 Å². The number of halogens is 1. The molecule has 2 N–H and O–H groups in total. The first-order valence-electron chi connectivity index (χ1n) is 4.90. The zero-order chi connectivity index (χ0) is 12.4. The molecule has 2 aromatic carbocycles. The Morgan fingerprint density at radius 1 is 1.00 bits per heavy atom. The summed E-state index contributed by atoms with van der Waals surface area (Å²) in [5.74, 6) is -0.715. The van der Waals surface area contributed by atoms with Crippen LogP contribution < -0.4 is 0 Å². The van der Waals surface area contributed by atoms with Crippen LogP contribution in [0.5, 0.6) is 5.75 Å². The maximum Gasteiger partial charge on any atom is 0.335 e. The smallest absolute Gasteiger partial charge is 0.335 e. The van der Waals surface area contributed by atoms with E-state index < -0.39 is 5.97 Å². The number of phenols is 1. The van der Waals surface area contributed by atoms with E-state index >= 15 is 0 Å². The van der Waals surface area contributed by atoms with Gasteiger partial charge >= 0.3 is 5.97 Å². The van der Waals surface area contributed by atoms with Crippen molar-refractivity contribution in [1.82, 2.24) is 0 Å². The van der Waals surface area contributed by atoms with Crippen LogP contribution in [0.25, 0.3) is 11.1 Å². The minimum absolute atomic E-state index is 0.227. The lowest BCUT2D eigenvalue weighted by atomic mass is 10.0. The monoisotopic (exact) mass is 340 g/mol. The van der Waals surface area contributed by atoms with Crippen molar-refractivity contribution in [2.24, 2.45) is 0 Å². The van der Waals surface area contributed by atoms with Crippen molar-refractivity contribution < 1.29 is 15.0 Å². The number of hydrogen-bond acceptors (Lipinski definition) is 2. The zero-order valence-corrected chi connectivity index (χ0v) is 10.9. The molecule has 0 aliphatic heterocycles. The predicted molar refractivity (Wildman–Crippen MR) is 73.2 cm³/mol. The molecule has 0 saturated carbocycles. The van der Waals surface area contributed by atoms with Crippen molar-refractivity contribution in [2.75, 3.05) is 0 Å². The quantitative estimate of drug-likeness (QED) is 0.825. The molecule has 4 heteroatoms. The molecule has 0 fully saturated rings. The Bertz CT molecular complexity index is 561. The maximum atomic E-state index is 10.7. The van der Waals surface area contributed by atoms with Gasteiger partial charge in [0, 0.05) is 0 Å². The molecule has 0 heterocycles. The molecule has 3 nitrogen and oxygen atoms in total. The number of aromatic hydroxyl groups is 1. The lowest BCUT2D eigenvalue weighted by molar-refractivity contribution is 0.0697. The van der Waals surface area contributed by atoms with Gasteiger partial charge in [-0.15, -0.1) is 0 Å². The average Bonchev–Trinajstić information content (AvgIpc) is 2.33. The van der Waals surface area contributed by atoms with E-state index in [0.29, 0.717) is 0 Å². The Hall–Kier alpha value is -1.56. The topological polar surface area (TPSA) is 57.5 Å². The van der Waals surface area contributed by atoms with Gasteiger partial charge in [-0.3, -0.25) is 0 Å². The first-order valence-corrected chi connectivity index (χ1v) is 5.98. The van der Waals surface area contributed by atoms with E-state index in [2.05, 4.69) is 0 Å². The molecule has 0 aliphatic carbocycles. The van der Waals surface area contributed by atoms with E-state index in [9.17, 15) is 9.90 Å². The number of aromatic carboxylic acids is 1. The van der Waals surface area contributed by atoms with Crippen molar-refractivity contribution in [3.8, 4) is 16.9 Å². The van der Waals surface area contributed by atoms with Gasteiger partial charge in [0.05, 0.1) is 9.13 Å². The highest BCUT2D eigenvalue weighted by Gasteiger charge is 2.05. The molecule has 0 bridgehead atoms. The lowest BCUT2D eigenvalue weighted by Crippen LogP contribution is -1.94. The molecule has 0 aromatic heterocycles. The Balaban J connectivity index is 2.39. The molecule has 17 heavy (non-hydrogen) atoms. The standard InChI is InChI=1S/C13H9IO3/c14-11-6-5-10(7-12(11)15)8-1-3-9(4-2-8)13(16)17/h1-7,15H,(H,16,17). The van der Waals surface area contributed by atoms with E-state index in [1.54, 1.807) is 30.3 Å². The Labute approximate surface area is 112 Å². The number of benzene rings is 2. The third kappa shape index (κ3) is 2.58. The first kappa shape index (κ1) is 11.9. The SMILES string of the molecule is O=C(O)c1ccc(-c2ccc(I)c(O)c2)cc1. The molecular weight excluding hydrogens is 331 g/mol. The van der Waals surface area contributed by atoms with Crippen LogP contribution in [0.2, 0.25) is 0 Å². The van der Waals surface area contributed by atoms with E-state index in [1.165, 1.54) is 0 Å². The first-order chi connectivity index (χ1) is 8.08. The van der Waals surface area contributed by atoms with Crippen molar-refractivity contribution in [3.05, 3.63) is 51.6 Å². The second-order valence-electron chi connectivity index (χ2n) is 3.55. The average molecular weight is 340 g/mol. The minimum Gasteiger partial charge on any atom is -0.507 e. The number of hydrogen-bond donors (Lipinski definition) is 2. The normalized spacial score (nSPS) is 10.2. The van der Waals surface area contributed by atoms with E-state index in [4.69, 9.17) is 5.11 Å². The molecule has 2 rings (SSSR count). The predicted octanol–water partition coefficient (Wildman–Crippen LogP) is 3.36. The summed E-state index contributed by atoms with van der Waals surface area (Å²) < 4.78 is 0.786. The van der Waals surface area contributed by atoms with Crippen molar-refractivity contribution >= 4 is 28.6 Å². The molecule has 0 aliphatic rings. The van der Waals surface area contributed by atoms with Crippen molar-refractivity contribution in [3.63, 3.8) is 0 Å². The third-order valence-electron chi connectivity index (χ3n) is 2.41. The second-order valence-corrected chi connectivity index (χ2v) is 4.71. The highest BCUT2D eigenvalue weighted by Crippen LogP contribution is 2.27. The maximum absolute atomic E-state index is 10.7. The summed E-state index contributed by atoms with van der Waals surface area (Å²) in [6.07, 6.45) is 0. The molecule has 0 amide bonds. The largest absolute Gasteiger partial charge is 0.507 e. The molecule has 0 radical (unpaired) electrons. The van der Waals surface area contributed by atoms with Crippen molar-refractivity contribution in [1.29, 1.82) is 0 Å². The van der Waals surface area contributed by atoms with Crippen LogP contribution in [0, 0.1) is 3.57 Å². The van der Waals surface area contributed by atoms with E-state index in [1.807, 2.05) is 34.7 Å². The number of rotatable bonds is 2. The number of carboxylic acids is 1. The molecule has 0 unspecified atom stereocenters. The fourth-order valence-electron chi connectivity index (χ4n) is 1.50. The van der Waals surface area contributed by atoms with Gasteiger partial charge in [-0.1, -0.05) is 18.2 Å². The molecular formula is C13H9IO3. The Morgan fingerprint density at radius 3 is 2.12 bits per heavy atom. The van der Waals surface area contributed by atoms with Gasteiger partial charge in [-0.05, 0) is 58.0 Å². The Morgan fingerprint density at radius 2 is 1.59 bits per heavy atom. The van der Waals surface area contributed by atoms with Crippen LogP contribution in [0.1, 0.15) is 10.4 Å².